The molecule has 25 heavy (non-hydrogen) atoms. The van der Waals surface area contributed by atoms with Gasteiger partial charge in [-0.05, 0) is 32.4 Å². The number of hydrogen-bond donors (Lipinski definition) is 1. The van der Waals surface area contributed by atoms with E-state index in [1.165, 1.54) is 0 Å². The lowest BCUT2D eigenvalue weighted by Gasteiger charge is -2.31. The van der Waals surface area contributed by atoms with Crippen molar-refractivity contribution in [1.82, 2.24) is 5.32 Å². The Labute approximate surface area is 145 Å². The smallest absolute Gasteiger partial charge is 0.258 e. The van der Waals surface area contributed by atoms with Gasteiger partial charge in [0.2, 0.25) is 0 Å². The minimum atomic E-state index is -0.846. The molecule has 0 unspecified atom stereocenters. The largest absolute Gasteiger partial charge is 0.481 e. The molecule has 0 spiro atoms. The highest BCUT2D eigenvalue weighted by atomic mass is 19.1. The van der Waals surface area contributed by atoms with E-state index in [1.54, 1.807) is 0 Å². The number of ether oxygens (including phenoxy) is 3. The number of allylic oxidation sites excluding steroid dienone is 1. The summed E-state index contributed by atoms with van der Waals surface area (Å²) in [4.78, 5) is 12.0. The Kier molecular flexibility index (Phi) is 7.33. The normalized spacial score (nSPS) is 20.0. The predicted molar refractivity (Wildman–Crippen MR) is 88.4 cm³/mol. The highest BCUT2D eigenvalue weighted by Crippen LogP contribution is 2.17. The fourth-order valence-electron chi connectivity index (χ4n) is 2.36. The van der Waals surface area contributed by atoms with Crippen LogP contribution in [0.4, 0.5) is 8.78 Å². The van der Waals surface area contributed by atoms with Crippen LogP contribution in [0.3, 0.4) is 0 Å². The fourth-order valence-corrected chi connectivity index (χ4v) is 2.36. The quantitative estimate of drug-likeness (QED) is 0.764. The van der Waals surface area contributed by atoms with Crippen molar-refractivity contribution in [3.05, 3.63) is 41.5 Å². The average Bonchev–Trinajstić information content (AvgIpc) is 2.55. The van der Waals surface area contributed by atoms with Gasteiger partial charge in [-0.25, -0.2) is 8.78 Å². The lowest BCUT2D eigenvalue weighted by Crippen LogP contribution is -2.51. The van der Waals surface area contributed by atoms with Gasteiger partial charge in [0.1, 0.15) is 11.9 Å². The molecule has 0 saturated carbocycles. The molecule has 1 aliphatic heterocycles. The topological polar surface area (TPSA) is 56.8 Å². The number of nitrogens with one attached hydrogen (secondary N) is 1. The maximum atomic E-state index is 13.5. The van der Waals surface area contributed by atoms with Crippen molar-refractivity contribution >= 4 is 5.91 Å². The van der Waals surface area contributed by atoms with Crippen molar-refractivity contribution in [2.75, 3.05) is 26.4 Å². The molecule has 1 N–H and O–H groups in total. The van der Waals surface area contributed by atoms with Gasteiger partial charge in [0, 0.05) is 12.7 Å². The number of carbonyl (C=O) groups excluding carboxylic acids is 1. The molecule has 1 heterocycles. The van der Waals surface area contributed by atoms with Crippen LogP contribution in [0.1, 0.15) is 20.3 Å². The van der Waals surface area contributed by atoms with E-state index >= 15 is 0 Å². The minimum absolute atomic E-state index is 0.167. The number of rotatable bonds is 7. The van der Waals surface area contributed by atoms with Crippen LogP contribution < -0.4 is 10.1 Å². The summed E-state index contributed by atoms with van der Waals surface area (Å²) in [6.45, 7) is 4.97. The molecule has 7 heteroatoms. The molecule has 1 amide bonds. The van der Waals surface area contributed by atoms with E-state index in [2.05, 4.69) is 5.32 Å². The third-order valence-corrected chi connectivity index (χ3v) is 3.71. The zero-order valence-electron chi connectivity index (χ0n) is 14.4. The van der Waals surface area contributed by atoms with Gasteiger partial charge in [-0.1, -0.05) is 11.6 Å². The van der Waals surface area contributed by atoms with Crippen LogP contribution >= 0.6 is 0 Å². The van der Waals surface area contributed by atoms with Crippen molar-refractivity contribution < 1.29 is 27.8 Å². The van der Waals surface area contributed by atoms with Crippen molar-refractivity contribution in [2.24, 2.45) is 0 Å². The van der Waals surface area contributed by atoms with Crippen LogP contribution in [0.5, 0.6) is 5.75 Å². The van der Waals surface area contributed by atoms with Crippen molar-refractivity contribution in [3.63, 3.8) is 0 Å². The van der Waals surface area contributed by atoms with Crippen LogP contribution in [0.25, 0.3) is 0 Å². The molecular formula is C18H23F2NO4. The molecule has 0 bridgehead atoms. The second kappa shape index (κ2) is 9.48. The van der Waals surface area contributed by atoms with Gasteiger partial charge in [-0.3, -0.25) is 4.79 Å². The Hall–Kier alpha value is -1.99. The Morgan fingerprint density at radius 2 is 2.20 bits per heavy atom. The third kappa shape index (κ3) is 6.43. The first-order valence-corrected chi connectivity index (χ1v) is 8.15. The van der Waals surface area contributed by atoms with E-state index < -0.39 is 17.5 Å². The number of hydrogen-bond acceptors (Lipinski definition) is 4. The van der Waals surface area contributed by atoms with Gasteiger partial charge < -0.3 is 19.5 Å². The van der Waals surface area contributed by atoms with Crippen LogP contribution in [-0.4, -0.2) is 44.5 Å². The maximum Gasteiger partial charge on any atom is 0.258 e. The van der Waals surface area contributed by atoms with Crippen LogP contribution in [-0.2, 0) is 14.3 Å². The Morgan fingerprint density at radius 3 is 2.92 bits per heavy atom. The second-order valence-corrected chi connectivity index (χ2v) is 6.05. The van der Waals surface area contributed by atoms with Crippen LogP contribution in [0.2, 0.25) is 0 Å². The molecule has 138 valence electrons. The first kappa shape index (κ1) is 19.3. The summed E-state index contributed by atoms with van der Waals surface area (Å²) in [7, 11) is 0. The summed E-state index contributed by atoms with van der Waals surface area (Å²) in [5, 5.41) is 2.82. The monoisotopic (exact) mass is 355 g/mol. The van der Waals surface area contributed by atoms with E-state index in [9.17, 15) is 13.6 Å². The highest BCUT2D eigenvalue weighted by Gasteiger charge is 2.27. The Bertz CT molecular complexity index is 617. The SMILES string of the molecule is CC(C)=CCO[C@@H]1COCC[C@H]1NC(=O)COc1ccc(F)cc1F. The molecule has 5 nitrogen and oxygen atoms in total. The van der Waals surface area contributed by atoms with E-state index in [0.717, 1.165) is 17.7 Å². The molecule has 1 aromatic rings. The number of carbonyl (C=O) groups is 1. The predicted octanol–water partition coefficient (Wildman–Crippen LogP) is 2.60. The summed E-state index contributed by atoms with van der Waals surface area (Å²) < 4.78 is 42.6. The zero-order chi connectivity index (χ0) is 18.2. The van der Waals surface area contributed by atoms with Crippen molar-refractivity contribution in [3.8, 4) is 5.75 Å². The Balaban J connectivity index is 1.83. The van der Waals surface area contributed by atoms with Gasteiger partial charge in [0.25, 0.3) is 5.91 Å². The maximum absolute atomic E-state index is 13.5. The first-order valence-electron chi connectivity index (χ1n) is 8.15. The van der Waals surface area contributed by atoms with Gasteiger partial charge in [-0.2, -0.15) is 0 Å². The van der Waals surface area contributed by atoms with Crippen LogP contribution in [0.15, 0.2) is 29.8 Å². The highest BCUT2D eigenvalue weighted by molar-refractivity contribution is 5.77. The fraction of sp³-hybridized carbons (Fsp3) is 0.500. The first-order chi connectivity index (χ1) is 12.0. The molecule has 0 aromatic heterocycles. The number of halogens is 2. The van der Waals surface area contributed by atoms with Crippen molar-refractivity contribution in [2.45, 2.75) is 32.4 Å². The third-order valence-electron chi connectivity index (χ3n) is 3.71. The average molecular weight is 355 g/mol. The Morgan fingerprint density at radius 1 is 1.40 bits per heavy atom. The van der Waals surface area contributed by atoms with E-state index in [0.29, 0.717) is 32.3 Å². The van der Waals surface area contributed by atoms with Gasteiger partial charge in [0.15, 0.2) is 18.2 Å². The van der Waals surface area contributed by atoms with E-state index in [1.807, 2.05) is 19.9 Å². The minimum Gasteiger partial charge on any atom is -0.481 e. The van der Waals surface area contributed by atoms with Gasteiger partial charge >= 0.3 is 0 Å². The molecular weight excluding hydrogens is 332 g/mol. The molecule has 0 radical (unpaired) electrons. The van der Waals surface area contributed by atoms with E-state index in [4.69, 9.17) is 14.2 Å². The van der Waals surface area contributed by atoms with Crippen LogP contribution in [0, 0.1) is 11.6 Å². The van der Waals surface area contributed by atoms with E-state index in [-0.39, 0.29) is 24.5 Å². The number of benzene rings is 1. The molecule has 0 aliphatic carbocycles. The molecule has 1 aliphatic rings. The lowest BCUT2D eigenvalue weighted by molar-refractivity contribution is -0.127. The van der Waals surface area contributed by atoms with Gasteiger partial charge in [0.05, 0.1) is 19.3 Å². The summed E-state index contributed by atoms with van der Waals surface area (Å²) in [5.41, 5.74) is 1.15. The second-order valence-electron chi connectivity index (χ2n) is 6.05. The molecule has 1 fully saturated rings. The standard InChI is InChI=1S/C18H23F2NO4/c1-12(2)5-8-24-17-10-23-7-6-15(17)21-18(22)11-25-16-4-3-13(19)9-14(16)20/h3-5,9,15,17H,6-8,10-11H2,1-2H3,(H,21,22)/t15-,17-/m1/s1. The summed E-state index contributed by atoms with van der Waals surface area (Å²) >= 11 is 0. The molecule has 2 rings (SSSR count). The number of amides is 1. The summed E-state index contributed by atoms with van der Waals surface area (Å²) in [6, 6.07) is 2.73. The molecule has 1 saturated heterocycles. The summed E-state index contributed by atoms with van der Waals surface area (Å²) in [5.74, 6) is -2.11. The molecule has 1 aromatic carbocycles. The van der Waals surface area contributed by atoms with Gasteiger partial charge in [-0.15, -0.1) is 0 Å². The van der Waals surface area contributed by atoms with Crippen molar-refractivity contribution in [1.29, 1.82) is 0 Å². The summed E-state index contributed by atoms with van der Waals surface area (Å²) in [6.07, 6.45) is 2.32. The lowest BCUT2D eigenvalue weighted by atomic mass is 10.1. The zero-order valence-corrected chi connectivity index (χ0v) is 14.4. The molecule has 2 atom stereocenters.